The first kappa shape index (κ1) is 12.5. The fraction of sp³-hybridized carbons (Fsp3) is 0.417. The quantitative estimate of drug-likeness (QED) is 0.623. The number of aromatic nitrogens is 3. The first-order chi connectivity index (χ1) is 9.28. The van der Waals surface area contributed by atoms with Crippen LogP contribution in [0.1, 0.15) is 6.23 Å². The highest BCUT2D eigenvalue weighted by atomic mass is 35.5. The summed E-state index contributed by atoms with van der Waals surface area (Å²) >= 11 is 5.83. The zero-order valence-corrected chi connectivity index (χ0v) is 11.0. The van der Waals surface area contributed by atoms with E-state index in [1.807, 2.05) is 16.8 Å². The van der Waals surface area contributed by atoms with E-state index in [1.165, 1.54) is 0 Å². The molecule has 1 atom stereocenters. The number of halogens is 1. The molecule has 0 spiro atoms. The van der Waals surface area contributed by atoms with Crippen molar-refractivity contribution in [3.8, 4) is 0 Å². The second-order valence-corrected chi connectivity index (χ2v) is 4.73. The summed E-state index contributed by atoms with van der Waals surface area (Å²) in [4.78, 5) is 20.8. The molecule has 7 heteroatoms. The summed E-state index contributed by atoms with van der Waals surface area (Å²) in [6.45, 7) is 2.44. The highest BCUT2D eigenvalue weighted by molar-refractivity contribution is 6.28. The van der Waals surface area contributed by atoms with Crippen LogP contribution in [-0.2, 0) is 9.53 Å². The van der Waals surface area contributed by atoms with Gasteiger partial charge in [-0.1, -0.05) is 0 Å². The number of aldehydes is 1. The molecular formula is C12H13ClN4O2. The van der Waals surface area contributed by atoms with Gasteiger partial charge in [0.25, 0.3) is 0 Å². The topological polar surface area (TPSA) is 60.2 Å². The Balaban J connectivity index is 1.90. The van der Waals surface area contributed by atoms with Crippen LogP contribution in [0.5, 0.6) is 0 Å². The Labute approximate surface area is 114 Å². The Kier molecular flexibility index (Phi) is 3.46. The highest BCUT2D eigenvalue weighted by Crippen LogP contribution is 2.22. The number of rotatable bonds is 3. The Bertz CT molecular complexity index is 600. The van der Waals surface area contributed by atoms with E-state index in [1.54, 1.807) is 6.20 Å². The van der Waals surface area contributed by atoms with Gasteiger partial charge in [0, 0.05) is 30.9 Å². The Morgan fingerprint density at radius 2 is 2.47 bits per heavy atom. The van der Waals surface area contributed by atoms with Gasteiger partial charge in [-0.25, -0.2) is 4.98 Å². The van der Waals surface area contributed by atoms with E-state index in [2.05, 4.69) is 14.9 Å². The van der Waals surface area contributed by atoms with Crippen molar-refractivity contribution in [2.75, 3.05) is 26.2 Å². The van der Waals surface area contributed by atoms with Crippen molar-refractivity contribution in [1.29, 1.82) is 0 Å². The largest absolute Gasteiger partial charge is 0.355 e. The lowest BCUT2D eigenvalue weighted by molar-refractivity contribution is -0.112. The first-order valence-electron chi connectivity index (χ1n) is 6.04. The number of fused-ring (bicyclic) bond motifs is 1. The van der Waals surface area contributed by atoms with E-state index in [-0.39, 0.29) is 11.5 Å². The molecule has 3 rings (SSSR count). The molecule has 0 bridgehead atoms. The number of ether oxygens (including phenoxy) is 1. The molecule has 6 nitrogen and oxygen atoms in total. The lowest BCUT2D eigenvalue weighted by atomic mass is 10.3. The van der Waals surface area contributed by atoms with E-state index in [0.717, 1.165) is 23.9 Å². The molecule has 3 heterocycles. The maximum absolute atomic E-state index is 10.6. The molecule has 1 unspecified atom stereocenters. The van der Waals surface area contributed by atoms with E-state index in [4.69, 9.17) is 16.3 Å². The molecule has 0 saturated carbocycles. The predicted octanol–water partition coefficient (Wildman–Crippen LogP) is 1.11. The normalized spacial score (nSPS) is 20.8. The van der Waals surface area contributed by atoms with Crippen LogP contribution in [0.15, 0.2) is 18.5 Å². The average Bonchev–Trinajstić information content (AvgIpc) is 2.82. The molecule has 19 heavy (non-hydrogen) atoms. The van der Waals surface area contributed by atoms with Crippen molar-refractivity contribution in [2.45, 2.75) is 6.23 Å². The van der Waals surface area contributed by atoms with Crippen molar-refractivity contribution in [2.24, 2.45) is 0 Å². The van der Waals surface area contributed by atoms with Gasteiger partial charge in [-0.05, 0) is 17.7 Å². The number of morpholine rings is 1. The second kappa shape index (κ2) is 5.24. The minimum atomic E-state index is -0.155. The van der Waals surface area contributed by atoms with Crippen molar-refractivity contribution in [3.05, 3.63) is 23.7 Å². The van der Waals surface area contributed by atoms with Gasteiger partial charge in [-0.3, -0.25) is 4.90 Å². The Hall–Kier alpha value is -1.50. The predicted molar refractivity (Wildman–Crippen MR) is 70.0 cm³/mol. The van der Waals surface area contributed by atoms with Gasteiger partial charge in [0.2, 0.25) is 5.28 Å². The molecule has 0 aromatic carbocycles. The molecule has 0 amide bonds. The Morgan fingerprint density at radius 3 is 3.32 bits per heavy atom. The van der Waals surface area contributed by atoms with Gasteiger partial charge >= 0.3 is 0 Å². The fourth-order valence-electron chi connectivity index (χ4n) is 2.27. The number of hydrogen-bond donors (Lipinski definition) is 0. The van der Waals surface area contributed by atoms with Gasteiger partial charge in [-0.2, -0.15) is 4.98 Å². The monoisotopic (exact) mass is 280 g/mol. The molecule has 2 aromatic rings. The molecule has 0 aliphatic carbocycles. The molecule has 2 aromatic heterocycles. The fourth-order valence-corrected chi connectivity index (χ4v) is 2.40. The summed E-state index contributed by atoms with van der Waals surface area (Å²) < 4.78 is 7.68. The van der Waals surface area contributed by atoms with Crippen LogP contribution in [-0.4, -0.2) is 52.0 Å². The zero-order chi connectivity index (χ0) is 13.2. The molecule has 1 aliphatic heterocycles. The third-order valence-corrected chi connectivity index (χ3v) is 3.38. The van der Waals surface area contributed by atoms with Crippen LogP contribution in [0, 0.1) is 0 Å². The van der Waals surface area contributed by atoms with Crippen molar-refractivity contribution in [3.63, 3.8) is 0 Å². The van der Waals surface area contributed by atoms with Crippen molar-refractivity contribution >= 4 is 28.9 Å². The summed E-state index contributed by atoms with van der Waals surface area (Å²) in [6.07, 6.45) is 4.35. The van der Waals surface area contributed by atoms with Gasteiger partial charge in [0.1, 0.15) is 18.2 Å². The minimum absolute atomic E-state index is 0.155. The SMILES string of the molecule is O=CCN1CCOC(n2ccc3cnc(Cl)nc32)C1. The molecule has 1 aliphatic rings. The standard InChI is InChI=1S/C12H13ClN4O2/c13-12-14-7-9-1-2-17(11(9)15-12)10-8-16(3-5-18)4-6-19-10/h1-2,5,7,10H,3-4,6,8H2. The van der Waals surface area contributed by atoms with Crippen molar-refractivity contribution < 1.29 is 9.53 Å². The van der Waals surface area contributed by atoms with E-state index >= 15 is 0 Å². The highest BCUT2D eigenvalue weighted by Gasteiger charge is 2.22. The molecular weight excluding hydrogens is 268 g/mol. The van der Waals surface area contributed by atoms with Crippen LogP contribution in [0.25, 0.3) is 11.0 Å². The van der Waals surface area contributed by atoms with Crippen LogP contribution in [0.3, 0.4) is 0 Å². The third kappa shape index (κ3) is 2.47. The van der Waals surface area contributed by atoms with Gasteiger partial charge in [0.05, 0.1) is 13.2 Å². The Morgan fingerprint density at radius 1 is 1.58 bits per heavy atom. The van der Waals surface area contributed by atoms with Gasteiger partial charge in [0.15, 0.2) is 0 Å². The number of carbonyl (C=O) groups is 1. The third-order valence-electron chi connectivity index (χ3n) is 3.20. The summed E-state index contributed by atoms with van der Waals surface area (Å²) in [5, 5.41) is 1.13. The number of nitrogens with zero attached hydrogens (tertiary/aromatic N) is 4. The summed E-state index contributed by atoms with van der Waals surface area (Å²) in [7, 11) is 0. The molecule has 1 saturated heterocycles. The minimum Gasteiger partial charge on any atom is -0.355 e. The number of hydrogen-bond acceptors (Lipinski definition) is 5. The summed E-state index contributed by atoms with van der Waals surface area (Å²) in [5.74, 6) is 0. The van der Waals surface area contributed by atoms with Gasteiger partial charge in [-0.15, -0.1) is 0 Å². The maximum Gasteiger partial charge on any atom is 0.224 e. The molecule has 0 N–H and O–H groups in total. The van der Waals surface area contributed by atoms with E-state index in [9.17, 15) is 4.79 Å². The summed E-state index contributed by atoms with van der Waals surface area (Å²) in [6, 6.07) is 1.92. The average molecular weight is 281 g/mol. The van der Waals surface area contributed by atoms with Crippen LogP contribution >= 0.6 is 11.6 Å². The van der Waals surface area contributed by atoms with Gasteiger partial charge < -0.3 is 14.1 Å². The maximum atomic E-state index is 10.6. The second-order valence-electron chi connectivity index (χ2n) is 4.39. The van der Waals surface area contributed by atoms with Crippen LogP contribution in [0.4, 0.5) is 0 Å². The lowest BCUT2D eigenvalue weighted by Gasteiger charge is -2.32. The van der Waals surface area contributed by atoms with Crippen molar-refractivity contribution in [1.82, 2.24) is 19.4 Å². The van der Waals surface area contributed by atoms with Crippen LogP contribution < -0.4 is 0 Å². The summed E-state index contributed by atoms with van der Waals surface area (Å²) in [5.41, 5.74) is 0.748. The molecule has 1 fully saturated rings. The van der Waals surface area contributed by atoms with Crippen LogP contribution in [0.2, 0.25) is 5.28 Å². The molecule has 0 radical (unpaired) electrons. The smallest absolute Gasteiger partial charge is 0.224 e. The zero-order valence-electron chi connectivity index (χ0n) is 10.2. The molecule has 100 valence electrons. The van der Waals surface area contributed by atoms with E-state index in [0.29, 0.717) is 19.7 Å². The number of carbonyl (C=O) groups excluding carboxylic acids is 1. The van der Waals surface area contributed by atoms with E-state index < -0.39 is 0 Å². The first-order valence-corrected chi connectivity index (χ1v) is 6.42. The lowest BCUT2D eigenvalue weighted by Crippen LogP contribution is -2.41.